The van der Waals surface area contributed by atoms with Crippen LogP contribution in [0.3, 0.4) is 0 Å². The summed E-state index contributed by atoms with van der Waals surface area (Å²) in [5.41, 5.74) is 1.13. The molecule has 0 spiro atoms. The summed E-state index contributed by atoms with van der Waals surface area (Å²) >= 11 is 0. The summed E-state index contributed by atoms with van der Waals surface area (Å²) in [4.78, 5) is 6.68. The Morgan fingerprint density at radius 3 is 2.83 bits per heavy atom. The van der Waals surface area contributed by atoms with Crippen molar-refractivity contribution in [1.29, 1.82) is 0 Å². The van der Waals surface area contributed by atoms with Crippen LogP contribution in [-0.4, -0.2) is 41.3 Å². The van der Waals surface area contributed by atoms with Crippen LogP contribution in [0.15, 0.2) is 48.7 Å². The van der Waals surface area contributed by atoms with Gasteiger partial charge in [-0.3, -0.25) is 4.90 Å². The molecule has 1 aliphatic carbocycles. The standard InChI is InChI=1S/C19H21FN2O2/c20-15-6-4-14(5-7-15)13-22-11-12-23-19-16(22)8-9-17(19)24-18-3-1-2-10-21-18/h1-7,10,16-17,19H,8-9,11-13H2/t16-,17+,19+/m0/s1. The van der Waals surface area contributed by atoms with Gasteiger partial charge in [-0.15, -0.1) is 0 Å². The lowest BCUT2D eigenvalue weighted by molar-refractivity contribution is -0.0922. The van der Waals surface area contributed by atoms with Gasteiger partial charge in [-0.2, -0.15) is 0 Å². The topological polar surface area (TPSA) is 34.6 Å². The molecular formula is C19H21FN2O2. The van der Waals surface area contributed by atoms with Crippen molar-refractivity contribution in [2.24, 2.45) is 0 Å². The van der Waals surface area contributed by atoms with Gasteiger partial charge >= 0.3 is 0 Å². The van der Waals surface area contributed by atoms with Crippen LogP contribution in [0.5, 0.6) is 5.88 Å². The van der Waals surface area contributed by atoms with Gasteiger partial charge in [0.1, 0.15) is 18.0 Å². The van der Waals surface area contributed by atoms with Gasteiger partial charge in [-0.05, 0) is 36.6 Å². The van der Waals surface area contributed by atoms with Crippen LogP contribution in [0, 0.1) is 5.82 Å². The quantitative estimate of drug-likeness (QED) is 0.864. The van der Waals surface area contributed by atoms with E-state index in [1.807, 2.05) is 30.3 Å². The van der Waals surface area contributed by atoms with E-state index >= 15 is 0 Å². The predicted octanol–water partition coefficient (Wildman–Crippen LogP) is 3.03. The molecule has 24 heavy (non-hydrogen) atoms. The Morgan fingerprint density at radius 1 is 1.17 bits per heavy atom. The number of rotatable bonds is 4. The van der Waals surface area contributed by atoms with Crippen LogP contribution in [0.25, 0.3) is 0 Å². The van der Waals surface area contributed by atoms with Gasteiger partial charge in [0.05, 0.1) is 6.61 Å². The molecule has 5 heteroatoms. The van der Waals surface area contributed by atoms with E-state index in [1.165, 1.54) is 12.1 Å². The van der Waals surface area contributed by atoms with Crippen molar-refractivity contribution in [2.75, 3.05) is 13.2 Å². The minimum atomic E-state index is -0.191. The first kappa shape index (κ1) is 15.5. The lowest BCUT2D eigenvalue weighted by Crippen LogP contribution is -2.51. The van der Waals surface area contributed by atoms with Crippen LogP contribution in [0.2, 0.25) is 0 Å². The third kappa shape index (κ3) is 3.28. The van der Waals surface area contributed by atoms with E-state index < -0.39 is 0 Å². The number of aromatic nitrogens is 1. The average molecular weight is 328 g/mol. The predicted molar refractivity (Wildman–Crippen MR) is 88.2 cm³/mol. The van der Waals surface area contributed by atoms with Gasteiger partial charge in [0.25, 0.3) is 0 Å². The van der Waals surface area contributed by atoms with Crippen LogP contribution < -0.4 is 4.74 Å². The van der Waals surface area contributed by atoms with Crippen molar-refractivity contribution in [1.82, 2.24) is 9.88 Å². The number of hydrogen-bond donors (Lipinski definition) is 0. The minimum absolute atomic E-state index is 0.0425. The van der Waals surface area contributed by atoms with Gasteiger partial charge in [-0.25, -0.2) is 9.37 Å². The molecule has 1 saturated heterocycles. The van der Waals surface area contributed by atoms with Crippen LogP contribution in [0.1, 0.15) is 18.4 Å². The molecule has 0 N–H and O–H groups in total. The number of pyridine rings is 1. The molecule has 4 rings (SSSR count). The van der Waals surface area contributed by atoms with E-state index in [1.54, 1.807) is 6.20 Å². The monoisotopic (exact) mass is 328 g/mol. The van der Waals surface area contributed by atoms with E-state index in [0.717, 1.165) is 31.5 Å². The second-order valence-corrected chi connectivity index (χ2v) is 6.40. The zero-order valence-electron chi connectivity index (χ0n) is 13.5. The van der Waals surface area contributed by atoms with E-state index in [4.69, 9.17) is 9.47 Å². The number of ether oxygens (including phenoxy) is 2. The number of halogens is 1. The van der Waals surface area contributed by atoms with E-state index in [2.05, 4.69) is 9.88 Å². The molecule has 1 aromatic heterocycles. The third-order valence-corrected chi connectivity index (χ3v) is 4.86. The summed E-state index contributed by atoms with van der Waals surface area (Å²) in [5, 5.41) is 0. The van der Waals surface area contributed by atoms with Gasteiger partial charge in [-0.1, -0.05) is 18.2 Å². The molecular weight excluding hydrogens is 307 g/mol. The Bertz CT molecular complexity index is 665. The first-order valence-corrected chi connectivity index (χ1v) is 8.47. The van der Waals surface area contributed by atoms with E-state index in [0.29, 0.717) is 18.5 Å². The van der Waals surface area contributed by atoms with Crippen molar-refractivity contribution in [3.63, 3.8) is 0 Å². The van der Waals surface area contributed by atoms with Crippen molar-refractivity contribution in [3.05, 3.63) is 60.0 Å². The molecule has 1 aromatic carbocycles. The molecule has 2 aromatic rings. The fourth-order valence-corrected chi connectivity index (χ4v) is 3.71. The second-order valence-electron chi connectivity index (χ2n) is 6.40. The SMILES string of the molecule is Fc1ccc(CN2CCO[C@H]3[C@H](Oc4ccccn4)CC[C@@H]32)cc1. The van der Waals surface area contributed by atoms with Gasteiger partial charge in [0, 0.05) is 31.4 Å². The van der Waals surface area contributed by atoms with Crippen molar-refractivity contribution < 1.29 is 13.9 Å². The Balaban J connectivity index is 1.43. The summed E-state index contributed by atoms with van der Waals surface area (Å²) < 4.78 is 25.1. The van der Waals surface area contributed by atoms with Crippen LogP contribution in [-0.2, 0) is 11.3 Å². The van der Waals surface area contributed by atoms with E-state index in [-0.39, 0.29) is 18.0 Å². The first-order chi connectivity index (χ1) is 11.8. The molecule has 2 fully saturated rings. The molecule has 0 bridgehead atoms. The highest BCUT2D eigenvalue weighted by Gasteiger charge is 2.44. The summed E-state index contributed by atoms with van der Waals surface area (Å²) in [7, 11) is 0. The maximum atomic E-state index is 13.1. The molecule has 0 unspecified atom stereocenters. The maximum absolute atomic E-state index is 13.1. The van der Waals surface area contributed by atoms with Gasteiger partial charge in [0.15, 0.2) is 0 Å². The smallest absolute Gasteiger partial charge is 0.213 e. The number of morpholine rings is 1. The molecule has 126 valence electrons. The molecule has 2 heterocycles. The number of benzene rings is 1. The zero-order chi connectivity index (χ0) is 16.4. The summed E-state index contributed by atoms with van der Waals surface area (Å²) in [6, 6.07) is 12.8. The summed E-state index contributed by atoms with van der Waals surface area (Å²) in [6.07, 6.45) is 3.86. The molecule has 4 nitrogen and oxygen atoms in total. The van der Waals surface area contributed by atoms with Crippen LogP contribution >= 0.6 is 0 Å². The molecule has 3 atom stereocenters. The second kappa shape index (κ2) is 6.87. The normalized spacial score (nSPS) is 27.0. The van der Waals surface area contributed by atoms with Crippen molar-refractivity contribution in [3.8, 4) is 5.88 Å². The molecule has 1 saturated carbocycles. The van der Waals surface area contributed by atoms with Crippen molar-refractivity contribution >= 4 is 0 Å². The van der Waals surface area contributed by atoms with E-state index in [9.17, 15) is 4.39 Å². The van der Waals surface area contributed by atoms with Gasteiger partial charge < -0.3 is 9.47 Å². The fourth-order valence-electron chi connectivity index (χ4n) is 3.71. The lowest BCUT2D eigenvalue weighted by atomic mass is 10.1. The lowest BCUT2D eigenvalue weighted by Gasteiger charge is -2.39. The highest BCUT2D eigenvalue weighted by molar-refractivity contribution is 5.17. The fraction of sp³-hybridized carbons (Fsp3) is 0.421. The Labute approximate surface area is 141 Å². The zero-order valence-corrected chi connectivity index (χ0v) is 13.5. The Kier molecular flexibility index (Phi) is 4.45. The number of hydrogen-bond acceptors (Lipinski definition) is 4. The summed E-state index contributed by atoms with van der Waals surface area (Å²) in [5.74, 6) is 0.464. The Hall–Kier alpha value is -1.98. The first-order valence-electron chi connectivity index (χ1n) is 8.47. The minimum Gasteiger partial charge on any atom is -0.472 e. The molecule has 2 aliphatic rings. The summed E-state index contributed by atoms with van der Waals surface area (Å²) in [6.45, 7) is 2.42. The maximum Gasteiger partial charge on any atom is 0.213 e. The van der Waals surface area contributed by atoms with Crippen molar-refractivity contribution in [2.45, 2.75) is 37.6 Å². The largest absolute Gasteiger partial charge is 0.472 e. The molecule has 0 amide bonds. The number of nitrogens with zero attached hydrogens (tertiary/aromatic N) is 2. The molecule has 1 aliphatic heterocycles. The highest BCUT2D eigenvalue weighted by Crippen LogP contribution is 2.33. The average Bonchev–Trinajstić information content (AvgIpc) is 3.02. The Morgan fingerprint density at radius 2 is 2.04 bits per heavy atom. The highest BCUT2D eigenvalue weighted by atomic mass is 19.1. The van der Waals surface area contributed by atoms with Crippen LogP contribution in [0.4, 0.5) is 4.39 Å². The molecule has 0 radical (unpaired) electrons. The number of fused-ring (bicyclic) bond motifs is 1. The van der Waals surface area contributed by atoms with Gasteiger partial charge in [0.2, 0.25) is 5.88 Å². The third-order valence-electron chi connectivity index (χ3n) is 4.86.